The van der Waals surface area contributed by atoms with Crippen molar-refractivity contribution in [2.24, 2.45) is 0 Å². The van der Waals surface area contributed by atoms with Crippen molar-refractivity contribution in [1.29, 1.82) is 5.26 Å². The van der Waals surface area contributed by atoms with Gasteiger partial charge in [0.15, 0.2) is 0 Å². The van der Waals surface area contributed by atoms with Crippen LogP contribution in [0.5, 0.6) is 0 Å². The topological polar surface area (TPSA) is 48.3 Å². The van der Waals surface area contributed by atoms with Gasteiger partial charge < -0.3 is 15.0 Å². The minimum atomic E-state index is -0.960. The minimum Gasteiger partial charge on any atom is -0.349 e. The third-order valence-electron chi connectivity index (χ3n) is 2.83. The van der Waals surface area contributed by atoms with Gasteiger partial charge in [0.1, 0.15) is 6.07 Å². The summed E-state index contributed by atoms with van der Waals surface area (Å²) in [4.78, 5) is 2.20. The van der Waals surface area contributed by atoms with Crippen molar-refractivity contribution in [3.8, 4) is 6.07 Å². The van der Waals surface area contributed by atoms with E-state index < -0.39 is 5.72 Å². The number of allylic oxidation sites excluding steroid dienone is 2. The molecule has 0 aromatic carbocycles. The van der Waals surface area contributed by atoms with Crippen molar-refractivity contribution in [1.82, 2.24) is 10.2 Å². The predicted octanol–water partition coefficient (Wildman–Crippen LogP) is 2.02. The third kappa shape index (κ3) is 5.35. The third-order valence-corrected chi connectivity index (χ3v) is 2.83. The Kier molecular flexibility index (Phi) is 6.48. The lowest BCUT2D eigenvalue weighted by atomic mass is 10.1. The Balaban J connectivity index is 2.09. The van der Waals surface area contributed by atoms with Crippen LogP contribution in [0, 0.1) is 11.3 Å². The number of ether oxygens (including phenoxy) is 1. The van der Waals surface area contributed by atoms with Gasteiger partial charge in [0.2, 0.25) is 5.72 Å². The van der Waals surface area contributed by atoms with Crippen LogP contribution >= 0.6 is 0 Å². The average molecular weight is 249 g/mol. The monoisotopic (exact) mass is 249 g/mol. The molecule has 0 radical (unpaired) electrons. The molecule has 1 N–H and O–H groups in total. The van der Waals surface area contributed by atoms with Gasteiger partial charge in [0, 0.05) is 6.20 Å². The second kappa shape index (κ2) is 7.91. The van der Waals surface area contributed by atoms with E-state index in [9.17, 15) is 0 Å². The SMILES string of the molecule is CN(C)CCCCCCOC1(C#N)C=CC=CN1. The van der Waals surface area contributed by atoms with Gasteiger partial charge in [0.25, 0.3) is 0 Å². The van der Waals surface area contributed by atoms with Crippen LogP contribution in [0.25, 0.3) is 0 Å². The van der Waals surface area contributed by atoms with E-state index in [0.29, 0.717) is 6.61 Å². The zero-order chi connectivity index (χ0) is 13.3. The molecule has 1 heterocycles. The number of unbranched alkanes of at least 4 members (excludes halogenated alkanes) is 3. The molecule has 1 aliphatic rings. The summed E-state index contributed by atoms with van der Waals surface area (Å²) < 4.78 is 5.63. The van der Waals surface area contributed by atoms with E-state index in [2.05, 4.69) is 30.4 Å². The molecule has 1 atom stereocenters. The Bertz CT molecular complexity index is 330. The summed E-state index contributed by atoms with van der Waals surface area (Å²) in [6, 6.07) is 2.16. The standard InChI is InChI=1S/C14H23N3O/c1-17(2)11-7-3-4-8-12-18-14(13-15)9-5-6-10-16-14/h5-6,9-10,16H,3-4,7-8,11-12H2,1-2H3. The minimum absolute atomic E-state index is 0.612. The van der Waals surface area contributed by atoms with E-state index in [0.717, 1.165) is 19.4 Å². The van der Waals surface area contributed by atoms with Crippen LogP contribution in [0.2, 0.25) is 0 Å². The van der Waals surface area contributed by atoms with Gasteiger partial charge in [-0.15, -0.1) is 0 Å². The Morgan fingerprint density at radius 1 is 1.22 bits per heavy atom. The Morgan fingerprint density at radius 2 is 2.00 bits per heavy atom. The predicted molar refractivity (Wildman–Crippen MR) is 72.7 cm³/mol. The average Bonchev–Trinajstić information content (AvgIpc) is 2.38. The molecule has 0 fully saturated rings. The largest absolute Gasteiger partial charge is 0.349 e. The molecule has 0 bridgehead atoms. The van der Waals surface area contributed by atoms with Gasteiger partial charge in [-0.3, -0.25) is 0 Å². The van der Waals surface area contributed by atoms with Crippen molar-refractivity contribution in [3.63, 3.8) is 0 Å². The lowest BCUT2D eigenvalue weighted by Gasteiger charge is -2.25. The maximum absolute atomic E-state index is 9.12. The Morgan fingerprint density at radius 3 is 2.61 bits per heavy atom. The van der Waals surface area contributed by atoms with Crippen LogP contribution in [-0.4, -0.2) is 37.9 Å². The summed E-state index contributed by atoms with van der Waals surface area (Å²) in [6.07, 6.45) is 11.7. The van der Waals surface area contributed by atoms with Gasteiger partial charge >= 0.3 is 0 Å². The molecule has 0 spiro atoms. The molecular formula is C14H23N3O. The molecule has 0 saturated carbocycles. The number of dihydropyridines is 1. The van der Waals surface area contributed by atoms with Crippen LogP contribution in [0.1, 0.15) is 25.7 Å². The molecule has 0 aromatic heterocycles. The van der Waals surface area contributed by atoms with E-state index >= 15 is 0 Å². The molecule has 4 nitrogen and oxygen atoms in total. The molecular weight excluding hydrogens is 226 g/mol. The maximum atomic E-state index is 9.12. The molecule has 4 heteroatoms. The normalized spacial score (nSPS) is 21.9. The number of hydrogen-bond donors (Lipinski definition) is 1. The number of nitriles is 1. The molecule has 0 saturated heterocycles. The van der Waals surface area contributed by atoms with Crippen molar-refractivity contribution in [2.45, 2.75) is 31.4 Å². The fourth-order valence-corrected chi connectivity index (χ4v) is 1.78. The quantitative estimate of drug-likeness (QED) is 0.669. The van der Waals surface area contributed by atoms with Crippen molar-refractivity contribution in [3.05, 3.63) is 24.4 Å². The highest BCUT2D eigenvalue weighted by Crippen LogP contribution is 2.13. The highest BCUT2D eigenvalue weighted by atomic mass is 16.5. The first-order chi connectivity index (χ1) is 8.68. The lowest BCUT2D eigenvalue weighted by molar-refractivity contribution is 0.0151. The van der Waals surface area contributed by atoms with E-state index in [-0.39, 0.29) is 0 Å². The fourth-order valence-electron chi connectivity index (χ4n) is 1.78. The summed E-state index contributed by atoms with van der Waals surface area (Å²) >= 11 is 0. The van der Waals surface area contributed by atoms with Crippen LogP contribution in [0.15, 0.2) is 24.4 Å². The highest BCUT2D eigenvalue weighted by Gasteiger charge is 2.26. The molecule has 100 valence electrons. The van der Waals surface area contributed by atoms with E-state index in [1.807, 2.05) is 12.2 Å². The summed E-state index contributed by atoms with van der Waals surface area (Å²) in [5.74, 6) is 0. The molecule has 1 rings (SSSR count). The molecule has 18 heavy (non-hydrogen) atoms. The first-order valence-corrected chi connectivity index (χ1v) is 6.50. The first kappa shape index (κ1) is 14.7. The van der Waals surface area contributed by atoms with Gasteiger partial charge in [-0.05, 0) is 45.6 Å². The first-order valence-electron chi connectivity index (χ1n) is 6.50. The zero-order valence-electron chi connectivity index (χ0n) is 11.4. The number of hydrogen-bond acceptors (Lipinski definition) is 4. The molecule has 1 aliphatic heterocycles. The highest BCUT2D eigenvalue weighted by molar-refractivity contribution is 5.23. The zero-order valence-corrected chi connectivity index (χ0v) is 11.4. The summed E-state index contributed by atoms with van der Waals surface area (Å²) in [5, 5.41) is 12.1. The van der Waals surface area contributed by atoms with Crippen molar-refractivity contribution in [2.75, 3.05) is 27.2 Å². The summed E-state index contributed by atoms with van der Waals surface area (Å²) in [5.41, 5.74) is -0.960. The van der Waals surface area contributed by atoms with Crippen LogP contribution in [-0.2, 0) is 4.74 Å². The van der Waals surface area contributed by atoms with Gasteiger partial charge in [-0.1, -0.05) is 18.9 Å². The summed E-state index contributed by atoms with van der Waals surface area (Å²) in [6.45, 7) is 1.75. The van der Waals surface area contributed by atoms with Gasteiger partial charge in [-0.2, -0.15) is 5.26 Å². The number of rotatable bonds is 8. The molecule has 1 unspecified atom stereocenters. The molecule has 0 amide bonds. The van der Waals surface area contributed by atoms with E-state index in [1.165, 1.54) is 12.8 Å². The number of nitrogens with one attached hydrogen (secondary N) is 1. The fraction of sp³-hybridized carbons (Fsp3) is 0.643. The second-order valence-electron chi connectivity index (χ2n) is 4.78. The number of nitrogens with zero attached hydrogens (tertiary/aromatic N) is 2. The van der Waals surface area contributed by atoms with Crippen LogP contribution < -0.4 is 5.32 Å². The van der Waals surface area contributed by atoms with Crippen molar-refractivity contribution >= 4 is 0 Å². The molecule has 0 aliphatic carbocycles. The molecule has 0 aromatic rings. The lowest BCUT2D eigenvalue weighted by Crippen LogP contribution is -2.43. The van der Waals surface area contributed by atoms with E-state index in [4.69, 9.17) is 10.00 Å². The van der Waals surface area contributed by atoms with Gasteiger partial charge in [-0.25, -0.2) is 0 Å². The van der Waals surface area contributed by atoms with Crippen molar-refractivity contribution < 1.29 is 4.74 Å². The summed E-state index contributed by atoms with van der Waals surface area (Å²) in [7, 11) is 4.18. The second-order valence-corrected chi connectivity index (χ2v) is 4.78. The van der Waals surface area contributed by atoms with E-state index in [1.54, 1.807) is 12.3 Å². The van der Waals surface area contributed by atoms with Gasteiger partial charge in [0.05, 0.1) is 6.61 Å². The Labute approximate surface area is 110 Å². The Hall–Kier alpha value is -1.31. The van der Waals surface area contributed by atoms with Crippen LogP contribution in [0.4, 0.5) is 0 Å². The smallest absolute Gasteiger partial charge is 0.248 e. The van der Waals surface area contributed by atoms with Crippen LogP contribution in [0.3, 0.4) is 0 Å². The maximum Gasteiger partial charge on any atom is 0.248 e.